The number of carbonyl (C=O) groups excluding carboxylic acids is 2. The zero-order valence-corrected chi connectivity index (χ0v) is 15.5. The molecule has 0 spiro atoms. The lowest BCUT2D eigenvalue weighted by Crippen LogP contribution is -2.23. The van der Waals surface area contributed by atoms with Crippen LogP contribution >= 0.6 is 11.3 Å². The van der Waals surface area contributed by atoms with Crippen molar-refractivity contribution in [3.63, 3.8) is 0 Å². The van der Waals surface area contributed by atoms with Crippen LogP contribution in [-0.2, 0) is 19.4 Å². The Morgan fingerprint density at radius 3 is 2.63 bits per heavy atom. The van der Waals surface area contributed by atoms with E-state index in [-0.39, 0.29) is 5.91 Å². The third kappa shape index (κ3) is 5.65. The van der Waals surface area contributed by atoms with Gasteiger partial charge >= 0.3 is 6.03 Å². The van der Waals surface area contributed by atoms with Crippen molar-refractivity contribution in [2.75, 3.05) is 5.32 Å². The third-order valence-electron chi connectivity index (χ3n) is 3.89. The van der Waals surface area contributed by atoms with Gasteiger partial charge in [-0.25, -0.2) is 9.78 Å². The lowest BCUT2D eigenvalue weighted by molar-refractivity contribution is 0.0950. The summed E-state index contributed by atoms with van der Waals surface area (Å²) in [5.74, 6) is -0.234. The van der Waals surface area contributed by atoms with Crippen molar-refractivity contribution in [3.05, 3.63) is 81.8 Å². The first-order chi connectivity index (χ1) is 13.1. The smallest absolute Gasteiger partial charge is 0.316 e. The van der Waals surface area contributed by atoms with Crippen molar-refractivity contribution in [1.29, 1.82) is 0 Å². The molecule has 0 atom stereocenters. The van der Waals surface area contributed by atoms with Gasteiger partial charge in [-0.05, 0) is 30.2 Å². The number of primary amides is 1. The van der Waals surface area contributed by atoms with Crippen LogP contribution < -0.4 is 16.4 Å². The molecule has 0 aliphatic heterocycles. The minimum atomic E-state index is -0.668. The van der Waals surface area contributed by atoms with E-state index in [4.69, 9.17) is 5.73 Å². The molecule has 3 amide bonds. The van der Waals surface area contributed by atoms with Crippen LogP contribution in [0.2, 0.25) is 0 Å². The maximum absolute atomic E-state index is 12.3. The van der Waals surface area contributed by atoms with E-state index in [9.17, 15) is 9.59 Å². The Morgan fingerprint density at radius 1 is 1.04 bits per heavy atom. The van der Waals surface area contributed by atoms with Crippen LogP contribution in [0.15, 0.2) is 60.0 Å². The number of rotatable bonds is 7. The number of benzene rings is 2. The molecular formula is C20H20N4O2S. The molecule has 0 bridgehead atoms. The number of urea groups is 1. The fraction of sp³-hybridized carbons (Fsp3) is 0.150. The molecule has 27 heavy (non-hydrogen) atoms. The number of aromatic nitrogens is 1. The summed E-state index contributed by atoms with van der Waals surface area (Å²) in [6.45, 7) is 0.355. The van der Waals surface area contributed by atoms with Crippen molar-refractivity contribution >= 4 is 29.0 Å². The van der Waals surface area contributed by atoms with Crippen LogP contribution in [0.5, 0.6) is 0 Å². The SMILES string of the molecule is NC(=O)Nc1cccc(C(=O)NCc2csc(CCc3ccccc3)n2)c1. The summed E-state index contributed by atoms with van der Waals surface area (Å²) in [6.07, 6.45) is 1.82. The molecule has 2 aromatic carbocycles. The second-order valence-corrected chi connectivity index (χ2v) is 6.91. The third-order valence-corrected chi connectivity index (χ3v) is 4.85. The highest BCUT2D eigenvalue weighted by molar-refractivity contribution is 7.09. The quantitative estimate of drug-likeness (QED) is 0.586. The van der Waals surface area contributed by atoms with Gasteiger partial charge in [-0.1, -0.05) is 36.4 Å². The van der Waals surface area contributed by atoms with Crippen LogP contribution in [0.25, 0.3) is 0 Å². The zero-order chi connectivity index (χ0) is 19.1. The molecule has 7 heteroatoms. The molecule has 1 heterocycles. The molecule has 3 rings (SSSR count). The molecule has 0 fully saturated rings. The van der Waals surface area contributed by atoms with Gasteiger partial charge in [-0.3, -0.25) is 4.79 Å². The average Bonchev–Trinajstić information content (AvgIpc) is 3.13. The van der Waals surface area contributed by atoms with Gasteiger partial charge in [-0.2, -0.15) is 0 Å². The summed E-state index contributed by atoms with van der Waals surface area (Å²) in [5, 5.41) is 8.31. The molecule has 0 radical (unpaired) electrons. The number of hydrogen-bond donors (Lipinski definition) is 3. The molecule has 0 unspecified atom stereocenters. The number of carbonyl (C=O) groups is 2. The van der Waals surface area contributed by atoms with Crippen LogP contribution in [0, 0.1) is 0 Å². The number of hydrogen-bond acceptors (Lipinski definition) is 4. The first-order valence-electron chi connectivity index (χ1n) is 8.52. The molecule has 0 aliphatic carbocycles. The molecule has 0 saturated carbocycles. The van der Waals surface area contributed by atoms with E-state index in [0.29, 0.717) is 17.8 Å². The second-order valence-electron chi connectivity index (χ2n) is 5.97. The van der Waals surface area contributed by atoms with E-state index in [1.807, 2.05) is 23.6 Å². The summed E-state index contributed by atoms with van der Waals surface area (Å²) in [6, 6.07) is 16.2. The number of nitrogens with zero attached hydrogens (tertiary/aromatic N) is 1. The lowest BCUT2D eigenvalue weighted by Gasteiger charge is -2.06. The molecule has 0 aliphatic rings. The van der Waals surface area contributed by atoms with Gasteiger partial charge in [0.05, 0.1) is 17.2 Å². The standard InChI is InChI=1S/C20H20N4O2S/c21-20(26)24-16-8-4-7-15(11-16)19(25)22-12-17-13-27-18(23-17)10-9-14-5-2-1-3-6-14/h1-8,11,13H,9-10,12H2,(H,22,25)(H3,21,24,26). The maximum Gasteiger partial charge on any atom is 0.316 e. The van der Waals surface area contributed by atoms with Crippen molar-refractivity contribution < 1.29 is 9.59 Å². The highest BCUT2D eigenvalue weighted by Gasteiger charge is 2.09. The van der Waals surface area contributed by atoms with Crippen molar-refractivity contribution in [2.24, 2.45) is 5.73 Å². The van der Waals surface area contributed by atoms with Crippen molar-refractivity contribution in [3.8, 4) is 0 Å². The Kier molecular flexibility index (Phi) is 6.17. The number of nitrogens with two attached hydrogens (primary N) is 1. The summed E-state index contributed by atoms with van der Waals surface area (Å²) in [7, 11) is 0. The number of anilines is 1. The summed E-state index contributed by atoms with van der Waals surface area (Å²) >= 11 is 1.60. The van der Waals surface area contributed by atoms with Gasteiger partial charge in [0.2, 0.25) is 0 Å². The Bertz CT molecular complexity index is 924. The predicted octanol–water partition coefficient (Wildman–Crippen LogP) is 3.35. The average molecular weight is 380 g/mol. The van der Waals surface area contributed by atoms with E-state index in [1.54, 1.807) is 35.6 Å². The number of aryl methyl sites for hydroxylation is 2. The minimum absolute atomic E-state index is 0.234. The monoisotopic (exact) mass is 380 g/mol. The molecule has 0 saturated heterocycles. The highest BCUT2D eigenvalue weighted by atomic mass is 32.1. The molecule has 6 nitrogen and oxygen atoms in total. The molecule has 138 valence electrons. The Hall–Kier alpha value is -3.19. The van der Waals surface area contributed by atoms with E-state index in [1.165, 1.54) is 5.56 Å². The zero-order valence-electron chi connectivity index (χ0n) is 14.6. The number of thiazole rings is 1. The maximum atomic E-state index is 12.3. The fourth-order valence-corrected chi connectivity index (χ4v) is 3.39. The topological polar surface area (TPSA) is 97.1 Å². The normalized spacial score (nSPS) is 10.4. The molecule has 3 aromatic rings. The summed E-state index contributed by atoms with van der Waals surface area (Å²) in [4.78, 5) is 27.8. The van der Waals surface area contributed by atoms with Crippen molar-refractivity contribution in [2.45, 2.75) is 19.4 Å². The Labute approximate surface area is 161 Å². The molecule has 4 N–H and O–H groups in total. The fourth-order valence-electron chi connectivity index (χ4n) is 2.59. The lowest BCUT2D eigenvalue weighted by atomic mass is 10.1. The summed E-state index contributed by atoms with van der Waals surface area (Å²) < 4.78 is 0. The first kappa shape index (κ1) is 18.6. The van der Waals surface area contributed by atoms with Gasteiger partial charge in [-0.15, -0.1) is 11.3 Å². The number of nitrogens with one attached hydrogen (secondary N) is 2. The van der Waals surface area contributed by atoms with Crippen molar-refractivity contribution in [1.82, 2.24) is 10.3 Å². The molecular weight excluding hydrogens is 360 g/mol. The van der Waals surface area contributed by atoms with E-state index >= 15 is 0 Å². The van der Waals surface area contributed by atoms with Gasteiger partial charge in [0.1, 0.15) is 0 Å². The van der Waals surface area contributed by atoms with Crippen LogP contribution in [-0.4, -0.2) is 16.9 Å². The van der Waals surface area contributed by atoms with Gasteiger partial charge in [0.25, 0.3) is 5.91 Å². The van der Waals surface area contributed by atoms with E-state index < -0.39 is 6.03 Å². The minimum Gasteiger partial charge on any atom is -0.351 e. The Morgan fingerprint density at radius 2 is 1.85 bits per heavy atom. The van der Waals surface area contributed by atoms with Crippen LogP contribution in [0.1, 0.15) is 26.6 Å². The Balaban J connectivity index is 1.52. The highest BCUT2D eigenvalue weighted by Crippen LogP contribution is 2.14. The number of amides is 3. The van der Waals surface area contributed by atoms with Crippen LogP contribution in [0.3, 0.4) is 0 Å². The van der Waals surface area contributed by atoms with E-state index in [2.05, 4.69) is 27.8 Å². The largest absolute Gasteiger partial charge is 0.351 e. The van der Waals surface area contributed by atoms with Crippen LogP contribution in [0.4, 0.5) is 10.5 Å². The van der Waals surface area contributed by atoms with Gasteiger partial charge in [0, 0.05) is 23.1 Å². The molecule has 1 aromatic heterocycles. The first-order valence-corrected chi connectivity index (χ1v) is 9.40. The summed E-state index contributed by atoms with van der Waals surface area (Å²) in [5.41, 5.74) is 8.14. The van der Waals surface area contributed by atoms with Gasteiger partial charge < -0.3 is 16.4 Å². The van der Waals surface area contributed by atoms with Gasteiger partial charge in [0.15, 0.2) is 0 Å². The second kappa shape index (κ2) is 8.95. The van der Waals surface area contributed by atoms with E-state index in [0.717, 1.165) is 23.5 Å². The predicted molar refractivity (Wildman–Crippen MR) is 107 cm³/mol.